The van der Waals surface area contributed by atoms with Gasteiger partial charge >= 0.3 is 11.5 Å². The van der Waals surface area contributed by atoms with Gasteiger partial charge in [-0.15, -0.1) is 0 Å². The van der Waals surface area contributed by atoms with E-state index >= 15 is 0 Å². The molecule has 0 amide bonds. The van der Waals surface area contributed by atoms with Gasteiger partial charge in [-0.05, 0) is 60.1 Å². The number of carbonyl (C=O) groups is 1. The Hall–Kier alpha value is -1.42. The highest BCUT2D eigenvalue weighted by Crippen LogP contribution is 2.21. The Labute approximate surface area is 131 Å². The Kier molecular flexibility index (Phi) is 5.12. The van der Waals surface area contributed by atoms with Crippen molar-refractivity contribution in [3.8, 4) is 11.5 Å². The van der Waals surface area contributed by atoms with E-state index in [1.807, 2.05) is 0 Å². The zero-order chi connectivity index (χ0) is 14.5. The first-order valence-corrected chi connectivity index (χ1v) is 6.72. The number of rotatable bonds is 5. The van der Waals surface area contributed by atoms with Gasteiger partial charge in [-0.3, -0.25) is 4.79 Å². The minimum Gasteiger partial charge on any atom is -0.447 e. The maximum Gasteiger partial charge on any atom is 0.316 e. The van der Waals surface area contributed by atoms with Crippen LogP contribution in [0.1, 0.15) is 0 Å². The van der Waals surface area contributed by atoms with Gasteiger partial charge in [-0.25, -0.2) is 0 Å². The van der Waals surface area contributed by atoms with Crippen LogP contribution in [0.2, 0.25) is 10.0 Å². The van der Waals surface area contributed by atoms with Crippen LogP contribution in [-0.4, -0.2) is 11.5 Å². The van der Waals surface area contributed by atoms with E-state index < -0.39 is 11.5 Å². The van der Waals surface area contributed by atoms with E-state index in [4.69, 9.17) is 44.3 Å². The minimum absolute atomic E-state index is 0.419. The summed E-state index contributed by atoms with van der Waals surface area (Å²) in [6, 6.07) is 13.0. The maximum absolute atomic E-state index is 11.3. The molecule has 0 saturated heterocycles. The first-order chi connectivity index (χ1) is 9.54. The summed E-state index contributed by atoms with van der Waals surface area (Å²) in [7, 11) is 0. The Bertz CT molecular complexity index is 534. The summed E-state index contributed by atoms with van der Waals surface area (Å²) < 4.78 is 10.7. The maximum atomic E-state index is 11.3. The van der Waals surface area contributed by atoms with E-state index in [1.165, 1.54) is 0 Å². The summed E-state index contributed by atoms with van der Waals surface area (Å²) >= 11 is 17.0. The highest BCUT2D eigenvalue weighted by Gasteiger charge is 2.20. The van der Waals surface area contributed by atoms with Crippen molar-refractivity contribution in [2.75, 3.05) is 0 Å². The van der Waals surface area contributed by atoms with Gasteiger partial charge in [-0.2, -0.15) is 0 Å². The lowest BCUT2D eigenvalue weighted by Gasteiger charge is -2.17. The largest absolute Gasteiger partial charge is 0.447 e. The molecule has 0 aliphatic carbocycles. The molecule has 2 aromatic carbocycles. The lowest BCUT2D eigenvalue weighted by molar-refractivity contribution is -0.129. The van der Waals surface area contributed by atoms with Crippen molar-refractivity contribution in [1.82, 2.24) is 0 Å². The SMILES string of the molecule is O=C(Cl)C(Oc1ccc(Cl)cc1)Oc1ccc(Cl)cc1. The monoisotopic (exact) mass is 330 g/mol. The van der Waals surface area contributed by atoms with Crippen LogP contribution in [0.5, 0.6) is 11.5 Å². The zero-order valence-corrected chi connectivity index (χ0v) is 12.3. The Morgan fingerprint density at radius 2 is 1.15 bits per heavy atom. The van der Waals surface area contributed by atoms with Gasteiger partial charge in [0.2, 0.25) is 0 Å². The van der Waals surface area contributed by atoms with Gasteiger partial charge in [0.15, 0.2) is 0 Å². The quantitative estimate of drug-likeness (QED) is 0.596. The van der Waals surface area contributed by atoms with Crippen LogP contribution < -0.4 is 9.47 Å². The molecule has 0 spiro atoms. The first kappa shape index (κ1) is 15.0. The topological polar surface area (TPSA) is 35.5 Å². The van der Waals surface area contributed by atoms with Crippen molar-refractivity contribution in [2.45, 2.75) is 6.29 Å². The van der Waals surface area contributed by atoms with E-state index in [0.29, 0.717) is 21.5 Å². The number of benzene rings is 2. The van der Waals surface area contributed by atoms with Crippen molar-refractivity contribution in [3.05, 3.63) is 58.6 Å². The number of halogens is 3. The van der Waals surface area contributed by atoms with Crippen LogP contribution in [0.25, 0.3) is 0 Å². The molecule has 0 heterocycles. The third-order valence-electron chi connectivity index (χ3n) is 2.30. The molecule has 2 aromatic rings. The fourth-order valence-corrected chi connectivity index (χ4v) is 1.73. The minimum atomic E-state index is -1.25. The highest BCUT2D eigenvalue weighted by molar-refractivity contribution is 6.64. The Balaban J connectivity index is 2.09. The van der Waals surface area contributed by atoms with Gasteiger partial charge in [0, 0.05) is 10.0 Å². The summed E-state index contributed by atoms with van der Waals surface area (Å²) in [6.07, 6.45) is -1.25. The molecule has 20 heavy (non-hydrogen) atoms. The van der Waals surface area contributed by atoms with Gasteiger partial charge < -0.3 is 9.47 Å². The van der Waals surface area contributed by atoms with E-state index in [0.717, 1.165) is 0 Å². The van der Waals surface area contributed by atoms with Crippen LogP contribution in [0, 0.1) is 0 Å². The second-order valence-electron chi connectivity index (χ2n) is 3.78. The average Bonchev–Trinajstić information content (AvgIpc) is 2.42. The van der Waals surface area contributed by atoms with Crippen molar-refractivity contribution in [3.63, 3.8) is 0 Å². The second kappa shape index (κ2) is 6.84. The lowest BCUT2D eigenvalue weighted by Crippen LogP contribution is -2.30. The summed E-state index contributed by atoms with van der Waals surface area (Å²) in [5.74, 6) is 0.838. The molecule has 0 fully saturated rings. The van der Waals surface area contributed by atoms with Crippen molar-refractivity contribution >= 4 is 40.0 Å². The molecule has 0 radical (unpaired) electrons. The summed E-state index contributed by atoms with van der Waals surface area (Å²) in [5, 5.41) is 0.351. The molecule has 0 unspecified atom stereocenters. The predicted molar refractivity (Wildman–Crippen MR) is 78.8 cm³/mol. The molecule has 0 N–H and O–H groups in total. The number of ether oxygens (including phenoxy) is 2. The van der Waals surface area contributed by atoms with Crippen molar-refractivity contribution in [2.24, 2.45) is 0 Å². The Morgan fingerprint density at radius 3 is 1.45 bits per heavy atom. The number of hydrogen-bond acceptors (Lipinski definition) is 3. The molecule has 0 atom stereocenters. The van der Waals surface area contributed by atoms with Crippen LogP contribution in [0.15, 0.2) is 48.5 Å². The van der Waals surface area contributed by atoms with Crippen LogP contribution >= 0.6 is 34.8 Å². The summed E-state index contributed by atoms with van der Waals surface area (Å²) in [4.78, 5) is 11.3. The molecule has 0 aliphatic heterocycles. The first-order valence-electron chi connectivity index (χ1n) is 5.58. The summed E-state index contributed by atoms with van der Waals surface area (Å²) in [5.41, 5.74) is 0. The normalized spacial score (nSPS) is 10.4. The highest BCUT2D eigenvalue weighted by atomic mass is 35.5. The van der Waals surface area contributed by atoms with Gasteiger partial charge in [-0.1, -0.05) is 23.2 Å². The summed E-state index contributed by atoms with van der Waals surface area (Å²) in [6.45, 7) is 0. The van der Waals surface area contributed by atoms with Crippen molar-refractivity contribution in [1.29, 1.82) is 0 Å². The smallest absolute Gasteiger partial charge is 0.316 e. The average molecular weight is 332 g/mol. The number of hydrogen-bond donors (Lipinski definition) is 0. The molecule has 104 valence electrons. The fourth-order valence-electron chi connectivity index (χ4n) is 1.39. The van der Waals surface area contributed by atoms with Gasteiger partial charge in [0.05, 0.1) is 0 Å². The molecule has 0 aromatic heterocycles. The third-order valence-corrected chi connectivity index (χ3v) is 2.98. The molecule has 3 nitrogen and oxygen atoms in total. The van der Waals surface area contributed by atoms with E-state index in [-0.39, 0.29) is 0 Å². The molecule has 0 saturated carbocycles. The zero-order valence-electron chi connectivity index (χ0n) is 10.1. The molecular formula is C14H9Cl3O3. The van der Waals surface area contributed by atoms with Crippen LogP contribution in [0.4, 0.5) is 0 Å². The number of carbonyl (C=O) groups excluding carboxylic acids is 1. The standard InChI is InChI=1S/C14H9Cl3O3/c15-9-1-5-11(6-2-9)19-14(13(17)18)20-12-7-3-10(16)4-8-12/h1-8,14H. The van der Waals surface area contributed by atoms with Gasteiger partial charge in [0.25, 0.3) is 0 Å². The van der Waals surface area contributed by atoms with Crippen molar-refractivity contribution < 1.29 is 14.3 Å². The molecular weight excluding hydrogens is 323 g/mol. The third kappa shape index (κ3) is 4.30. The van der Waals surface area contributed by atoms with Crippen LogP contribution in [0.3, 0.4) is 0 Å². The lowest BCUT2D eigenvalue weighted by atomic mass is 10.3. The van der Waals surface area contributed by atoms with E-state index in [2.05, 4.69) is 0 Å². The van der Waals surface area contributed by atoms with Gasteiger partial charge in [0.1, 0.15) is 11.5 Å². The second-order valence-corrected chi connectivity index (χ2v) is 5.02. The molecule has 2 rings (SSSR count). The predicted octanol–water partition coefficient (Wildman–Crippen LogP) is 4.54. The fraction of sp³-hybridized carbons (Fsp3) is 0.0714. The molecule has 6 heteroatoms. The Morgan fingerprint density at radius 1 is 0.800 bits per heavy atom. The van der Waals surface area contributed by atoms with Crippen LogP contribution in [-0.2, 0) is 4.79 Å². The molecule has 0 aliphatic rings. The molecule has 0 bridgehead atoms. The van der Waals surface area contributed by atoms with E-state index in [9.17, 15) is 4.79 Å². The van der Waals surface area contributed by atoms with E-state index in [1.54, 1.807) is 48.5 Å².